The van der Waals surface area contributed by atoms with E-state index in [4.69, 9.17) is 0 Å². The molecule has 0 radical (unpaired) electrons. The molecule has 0 bridgehead atoms. The molecule has 0 aliphatic heterocycles. The Morgan fingerprint density at radius 3 is 1.68 bits per heavy atom. The van der Waals surface area contributed by atoms with Crippen molar-refractivity contribution in [3.8, 4) is 44.8 Å². The molecular weight excluding hydrogens is 677 g/mol. The molecule has 0 N–H and O–H groups in total. The summed E-state index contributed by atoms with van der Waals surface area (Å²) in [5, 5.41) is 5.19. The lowest BCUT2D eigenvalue weighted by Crippen LogP contribution is -2.27. The number of fused-ring (bicyclic) bond motifs is 11. The Balaban J connectivity index is 1.06. The third-order valence-corrected chi connectivity index (χ3v) is 13.1. The van der Waals surface area contributed by atoms with Crippen LogP contribution in [0.15, 0.2) is 182 Å². The van der Waals surface area contributed by atoms with Gasteiger partial charge in [0.25, 0.3) is 0 Å². The van der Waals surface area contributed by atoms with Gasteiger partial charge in [0, 0.05) is 38.3 Å². The SMILES string of the molecule is c1ccc(-c2cccc(-n3c4ccccc4c4cc(-c5ccc6c(c5)c5cc7c(cc5n6-c5ccccc5)-c5ccccc5C75CCCCC5)ccc43)c2)cc1. The summed E-state index contributed by atoms with van der Waals surface area (Å²) in [6.07, 6.45) is 6.38. The Hall–Kier alpha value is -6.64. The van der Waals surface area contributed by atoms with Crippen molar-refractivity contribution in [2.45, 2.75) is 37.5 Å². The predicted octanol–water partition coefficient (Wildman–Crippen LogP) is 14.4. The molecule has 0 amide bonds. The van der Waals surface area contributed by atoms with E-state index < -0.39 is 0 Å². The van der Waals surface area contributed by atoms with Crippen molar-refractivity contribution < 1.29 is 0 Å². The van der Waals surface area contributed by atoms with Gasteiger partial charge in [-0.25, -0.2) is 0 Å². The third-order valence-electron chi connectivity index (χ3n) is 13.1. The summed E-state index contributed by atoms with van der Waals surface area (Å²) in [6, 6.07) is 68.0. The molecule has 0 saturated heterocycles. The molecule has 2 aromatic heterocycles. The zero-order valence-corrected chi connectivity index (χ0v) is 31.3. The van der Waals surface area contributed by atoms with E-state index in [1.54, 1.807) is 0 Å². The number of hydrogen-bond acceptors (Lipinski definition) is 0. The Kier molecular flexibility index (Phi) is 6.89. The second-order valence-corrected chi connectivity index (χ2v) is 16.0. The quantitative estimate of drug-likeness (QED) is 0.172. The molecule has 0 unspecified atom stereocenters. The summed E-state index contributed by atoms with van der Waals surface area (Å²) in [5.41, 5.74) is 18.3. The highest BCUT2D eigenvalue weighted by atomic mass is 15.0. The van der Waals surface area contributed by atoms with E-state index in [1.165, 1.54) is 132 Å². The highest BCUT2D eigenvalue weighted by Crippen LogP contribution is 2.57. The minimum absolute atomic E-state index is 0.108. The summed E-state index contributed by atoms with van der Waals surface area (Å²) >= 11 is 0. The van der Waals surface area contributed by atoms with E-state index in [0.717, 1.165) is 0 Å². The van der Waals surface area contributed by atoms with Gasteiger partial charge in [-0.15, -0.1) is 0 Å². The Morgan fingerprint density at radius 2 is 0.893 bits per heavy atom. The Bertz CT molecular complexity index is 3160. The summed E-state index contributed by atoms with van der Waals surface area (Å²) < 4.78 is 4.92. The molecule has 2 aliphatic carbocycles. The van der Waals surface area contributed by atoms with Crippen LogP contribution in [-0.4, -0.2) is 9.13 Å². The molecule has 8 aromatic carbocycles. The molecule has 12 rings (SSSR count). The van der Waals surface area contributed by atoms with Gasteiger partial charge in [0.05, 0.1) is 22.1 Å². The zero-order valence-electron chi connectivity index (χ0n) is 31.3. The number of para-hydroxylation sites is 2. The monoisotopic (exact) mass is 716 g/mol. The lowest BCUT2D eigenvalue weighted by Gasteiger charge is -2.36. The van der Waals surface area contributed by atoms with Gasteiger partial charge in [-0.3, -0.25) is 0 Å². The summed E-state index contributed by atoms with van der Waals surface area (Å²) in [4.78, 5) is 0. The van der Waals surface area contributed by atoms with Crippen LogP contribution in [0.4, 0.5) is 0 Å². The highest BCUT2D eigenvalue weighted by molar-refractivity contribution is 6.14. The molecular formula is C54H40N2. The van der Waals surface area contributed by atoms with E-state index in [0.29, 0.717) is 0 Å². The number of rotatable bonds is 4. The minimum Gasteiger partial charge on any atom is -0.309 e. The number of aromatic nitrogens is 2. The van der Waals surface area contributed by atoms with Gasteiger partial charge in [-0.1, -0.05) is 135 Å². The zero-order chi connectivity index (χ0) is 36.8. The van der Waals surface area contributed by atoms with Crippen LogP contribution in [0, 0.1) is 0 Å². The van der Waals surface area contributed by atoms with Gasteiger partial charge in [0.2, 0.25) is 0 Å². The normalized spacial score (nSPS) is 14.6. The van der Waals surface area contributed by atoms with Crippen LogP contribution in [0.2, 0.25) is 0 Å². The molecule has 1 spiro atoms. The number of benzene rings is 8. The van der Waals surface area contributed by atoms with Crippen molar-refractivity contribution in [2.75, 3.05) is 0 Å². The first-order valence-electron chi connectivity index (χ1n) is 20.2. The summed E-state index contributed by atoms with van der Waals surface area (Å²) in [6.45, 7) is 0. The molecule has 56 heavy (non-hydrogen) atoms. The predicted molar refractivity (Wildman–Crippen MR) is 235 cm³/mol. The maximum atomic E-state index is 2.60. The number of nitrogens with zero attached hydrogens (tertiary/aromatic N) is 2. The maximum absolute atomic E-state index is 2.60. The largest absolute Gasteiger partial charge is 0.309 e. The molecule has 1 saturated carbocycles. The van der Waals surface area contributed by atoms with Crippen molar-refractivity contribution >= 4 is 43.6 Å². The smallest absolute Gasteiger partial charge is 0.0547 e. The maximum Gasteiger partial charge on any atom is 0.0547 e. The van der Waals surface area contributed by atoms with Crippen LogP contribution >= 0.6 is 0 Å². The summed E-state index contributed by atoms with van der Waals surface area (Å²) in [5.74, 6) is 0. The van der Waals surface area contributed by atoms with E-state index in [9.17, 15) is 0 Å². The molecule has 0 atom stereocenters. The van der Waals surface area contributed by atoms with Crippen LogP contribution < -0.4 is 0 Å². The lowest BCUT2D eigenvalue weighted by molar-refractivity contribution is 0.353. The minimum atomic E-state index is 0.108. The van der Waals surface area contributed by atoms with Gasteiger partial charge in [-0.05, 0) is 124 Å². The first-order chi connectivity index (χ1) is 27.7. The fourth-order valence-electron chi connectivity index (χ4n) is 10.6. The molecule has 2 aliphatic rings. The van der Waals surface area contributed by atoms with Crippen molar-refractivity contribution in [3.05, 3.63) is 193 Å². The molecule has 1 fully saturated rings. The Morgan fingerprint density at radius 1 is 0.321 bits per heavy atom. The fraction of sp³-hybridized carbons (Fsp3) is 0.111. The van der Waals surface area contributed by atoms with Crippen LogP contribution in [0.25, 0.3) is 88.4 Å². The van der Waals surface area contributed by atoms with Crippen molar-refractivity contribution in [1.82, 2.24) is 9.13 Å². The van der Waals surface area contributed by atoms with Crippen LogP contribution in [0.1, 0.15) is 43.2 Å². The second kappa shape index (κ2) is 12.2. The Labute approximate surface area is 326 Å². The number of hydrogen-bond donors (Lipinski definition) is 0. The van der Waals surface area contributed by atoms with E-state index in [2.05, 4.69) is 191 Å². The molecule has 2 nitrogen and oxygen atoms in total. The molecule has 2 heterocycles. The van der Waals surface area contributed by atoms with Crippen LogP contribution in [0.5, 0.6) is 0 Å². The summed E-state index contributed by atoms with van der Waals surface area (Å²) in [7, 11) is 0. The van der Waals surface area contributed by atoms with Gasteiger partial charge in [-0.2, -0.15) is 0 Å². The second-order valence-electron chi connectivity index (χ2n) is 16.0. The third kappa shape index (κ3) is 4.56. The first kappa shape index (κ1) is 31.7. The van der Waals surface area contributed by atoms with Crippen molar-refractivity contribution in [3.63, 3.8) is 0 Å². The van der Waals surface area contributed by atoms with Crippen LogP contribution in [0.3, 0.4) is 0 Å². The highest BCUT2D eigenvalue weighted by Gasteiger charge is 2.44. The van der Waals surface area contributed by atoms with Gasteiger partial charge in [0.1, 0.15) is 0 Å². The van der Waals surface area contributed by atoms with Gasteiger partial charge >= 0.3 is 0 Å². The molecule has 10 aromatic rings. The standard InChI is InChI=1S/C54H40N2/c1-4-15-36(16-5-1)37-17-14-20-41(31-37)56-50-24-11-9-22-43(50)45-32-38(25-27-51(45)56)39-26-28-52-46(33-39)47-34-49-44(35-53(47)55(52)40-18-6-2-7-19-40)42-21-8-10-23-48(42)54(49)29-12-3-13-30-54/h1-2,4-11,14-28,31-35H,3,12-13,29-30H2. The van der Waals surface area contributed by atoms with Crippen LogP contribution in [-0.2, 0) is 5.41 Å². The topological polar surface area (TPSA) is 9.86 Å². The van der Waals surface area contributed by atoms with Gasteiger partial charge < -0.3 is 9.13 Å². The lowest BCUT2D eigenvalue weighted by atomic mass is 9.68. The average Bonchev–Trinajstić information content (AvgIpc) is 3.87. The average molecular weight is 717 g/mol. The van der Waals surface area contributed by atoms with Crippen molar-refractivity contribution in [1.29, 1.82) is 0 Å². The molecule has 2 heteroatoms. The van der Waals surface area contributed by atoms with E-state index in [-0.39, 0.29) is 5.41 Å². The molecule has 266 valence electrons. The fourth-order valence-corrected chi connectivity index (χ4v) is 10.6. The van der Waals surface area contributed by atoms with E-state index in [1.807, 2.05) is 0 Å². The first-order valence-corrected chi connectivity index (χ1v) is 20.2. The van der Waals surface area contributed by atoms with E-state index >= 15 is 0 Å². The van der Waals surface area contributed by atoms with Crippen molar-refractivity contribution in [2.24, 2.45) is 0 Å². The van der Waals surface area contributed by atoms with Gasteiger partial charge in [0.15, 0.2) is 0 Å².